The molecule has 1 heterocycles. The number of carbonyl (C=O) groups excluding carboxylic acids is 1. The van der Waals surface area contributed by atoms with E-state index in [-0.39, 0.29) is 24.9 Å². The maximum Gasteiger partial charge on any atom is 0.323 e. The molecule has 4 nitrogen and oxygen atoms in total. The first-order valence-electron chi connectivity index (χ1n) is 6.15. The molecule has 0 amide bonds. The molecule has 0 bridgehead atoms. The lowest BCUT2D eigenvalue weighted by Gasteiger charge is -2.13. The van der Waals surface area contributed by atoms with Gasteiger partial charge in [-0.15, -0.1) is 0 Å². The molecule has 0 aliphatic carbocycles. The van der Waals surface area contributed by atoms with Crippen LogP contribution in [0, 0.1) is 23.1 Å². The van der Waals surface area contributed by atoms with Crippen molar-refractivity contribution in [2.75, 3.05) is 6.61 Å². The monoisotopic (exact) mass is 263 g/mol. The largest absolute Gasteiger partial charge is 0.490 e. The highest BCUT2D eigenvalue weighted by molar-refractivity contribution is 5.75. The molecule has 1 aliphatic heterocycles. The van der Waals surface area contributed by atoms with Gasteiger partial charge in [0.2, 0.25) is 0 Å². The minimum atomic E-state index is -0.843. The number of hydrogen-bond donors (Lipinski definition) is 0. The van der Waals surface area contributed by atoms with Crippen LogP contribution in [0.4, 0.5) is 4.39 Å². The third-order valence-corrected chi connectivity index (χ3v) is 2.99. The molecule has 2 atom stereocenters. The number of fused-ring (bicyclic) bond motifs is 1. The van der Waals surface area contributed by atoms with E-state index in [0.29, 0.717) is 12.2 Å². The second kappa shape index (κ2) is 5.70. The molecule has 1 aromatic rings. The van der Waals surface area contributed by atoms with Gasteiger partial charge in [0.1, 0.15) is 23.6 Å². The summed E-state index contributed by atoms with van der Waals surface area (Å²) in [5, 5.41) is 8.98. The van der Waals surface area contributed by atoms with Crippen LogP contribution in [0.2, 0.25) is 0 Å². The first-order valence-corrected chi connectivity index (χ1v) is 6.15. The van der Waals surface area contributed by atoms with Crippen molar-refractivity contribution in [3.8, 4) is 11.8 Å². The molecule has 2 unspecified atom stereocenters. The number of hydrogen-bond acceptors (Lipinski definition) is 4. The van der Waals surface area contributed by atoms with Crippen molar-refractivity contribution in [3.63, 3.8) is 0 Å². The van der Waals surface area contributed by atoms with E-state index in [2.05, 4.69) is 0 Å². The van der Waals surface area contributed by atoms with Crippen molar-refractivity contribution >= 4 is 5.97 Å². The Hall–Kier alpha value is -2.09. The predicted molar refractivity (Wildman–Crippen MR) is 64.9 cm³/mol. The highest BCUT2D eigenvalue weighted by Crippen LogP contribution is 2.31. The van der Waals surface area contributed by atoms with E-state index in [1.807, 2.05) is 6.07 Å². The SMILES string of the molecule is CCOC(=O)C(C#N)CC1Cc2cc(F)ccc2O1. The lowest BCUT2D eigenvalue weighted by atomic mass is 10.00. The van der Waals surface area contributed by atoms with Gasteiger partial charge in [-0.05, 0) is 25.1 Å². The molecule has 0 N–H and O–H groups in total. The fraction of sp³-hybridized carbons (Fsp3) is 0.429. The number of benzene rings is 1. The van der Waals surface area contributed by atoms with Gasteiger partial charge < -0.3 is 9.47 Å². The Kier molecular flexibility index (Phi) is 4.00. The van der Waals surface area contributed by atoms with Crippen LogP contribution in [0.3, 0.4) is 0 Å². The Bertz CT molecular complexity index is 524. The van der Waals surface area contributed by atoms with E-state index in [0.717, 1.165) is 5.56 Å². The second-order valence-electron chi connectivity index (χ2n) is 4.37. The summed E-state index contributed by atoms with van der Waals surface area (Å²) in [5.74, 6) is -1.07. The molecule has 0 saturated carbocycles. The first-order chi connectivity index (χ1) is 9.13. The summed E-state index contributed by atoms with van der Waals surface area (Å²) < 4.78 is 23.5. The zero-order valence-electron chi connectivity index (χ0n) is 10.6. The second-order valence-corrected chi connectivity index (χ2v) is 4.37. The van der Waals surface area contributed by atoms with Gasteiger partial charge in [-0.25, -0.2) is 4.39 Å². The first kappa shape index (κ1) is 13.3. The molecule has 0 fully saturated rings. The van der Waals surface area contributed by atoms with Crippen LogP contribution >= 0.6 is 0 Å². The van der Waals surface area contributed by atoms with Gasteiger partial charge in [0.05, 0.1) is 12.7 Å². The number of nitrogens with zero attached hydrogens (tertiary/aromatic N) is 1. The van der Waals surface area contributed by atoms with Gasteiger partial charge >= 0.3 is 5.97 Å². The molecule has 0 saturated heterocycles. The molecule has 5 heteroatoms. The number of nitriles is 1. The smallest absolute Gasteiger partial charge is 0.323 e. The van der Waals surface area contributed by atoms with E-state index in [1.165, 1.54) is 12.1 Å². The highest BCUT2D eigenvalue weighted by atomic mass is 19.1. The molecular weight excluding hydrogens is 249 g/mol. The van der Waals surface area contributed by atoms with Crippen molar-refractivity contribution in [1.29, 1.82) is 5.26 Å². The topological polar surface area (TPSA) is 59.3 Å². The van der Waals surface area contributed by atoms with E-state index in [1.54, 1.807) is 13.0 Å². The van der Waals surface area contributed by atoms with Crippen LogP contribution in [0.1, 0.15) is 18.9 Å². The standard InChI is InChI=1S/C14H14FNO3/c1-2-18-14(17)10(8-16)7-12-6-9-5-11(15)3-4-13(9)19-12/h3-5,10,12H,2,6-7H2,1H3. The number of carbonyl (C=O) groups is 1. The highest BCUT2D eigenvalue weighted by Gasteiger charge is 2.30. The van der Waals surface area contributed by atoms with Crippen LogP contribution in [0.5, 0.6) is 5.75 Å². The van der Waals surface area contributed by atoms with Gasteiger partial charge in [0, 0.05) is 18.4 Å². The zero-order valence-corrected chi connectivity index (χ0v) is 10.6. The molecule has 100 valence electrons. The Morgan fingerprint density at radius 2 is 2.47 bits per heavy atom. The molecule has 0 aromatic heterocycles. The van der Waals surface area contributed by atoms with Crippen LogP contribution in [0.15, 0.2) is 18.2 Å². The Morgan fingerprint density at radius 3 is 3.16 bits per heavy atom. The predicted octanol–water partition coefficient (Wildman–Crippen LogP) is 2.22. The summed E-state index contributed by atoms with van der Waals surface area (Å²) in [7, 11) is 0. The van der Waals surface area contributed by atoms with Crippen molar-refractivity contribution in [1.82, 2.24) is 0 Å². The van der Waals surface area contributed by atoms with E-state index < -0.39 is 11.9 Å². The summed E-state index contributed by atoms with van der Waals surface area (Å²) in [6.45, 7) is 1.94. The van der Waals surface area contributed by atoms with Crippen molar-refractivity contribution < 1.29 is 18.7 Å². The third-order valence-electron chi connectivity index (χ3n) is 2.99. The molecule has 1 aromatic carbocycles. The fourth-order valence-corrected chi connectivity index (χ4v) is 2.13. The zero-order chi connectivity index (χ0) is 13.8. The molecule has 0 radical (unpaired) electrons. The minimum Gasteiger partial charge on any atom is -0.490 e. The Morgan fingerprint density at radius 1 is 1.68 bits per heavy atom. The molecule has 0 spiro atoms. The maximum atomic E-state index is 13.1. The van der Waals surface area contributed by atoms with Gasteiger partial charge in [0.15, 0.2) is 0 Å². The molecule has 19 heavy (non-hydrogen) atoms. The van der Waals surface area contributed by atoms with Crippen molar-refractivity contribution in [2.24, 2.45) is 5.92 Å². The van der Waals surface area contributed by atoms with Gasteiger partial charge in [-0.1, -0.05) is 0 Å². The fourth-order valence-electron chi connectivity index (χ4n) is 2.13. The maximum absolute atomic E-state index is 13.1. The molecule has 1 aliphatic rings. The van der Waals surface area contributed by atoms with Gasteiger partial charge in [-0.3, -0.25) is 4.79 Å². The Labute approximate surface area is 110 Å². The number of halogens is 1. The summed E-state index contributed by atoms with van der Waals surface area (Å²) in [4.78, 5) is 11.5. The van der Waals surface area contributed by atoms with Crippen LogP contribution < -0.4 is 4.74 Å². The van der Waals surface area contributed by atoms with Crippen LogP contribution in [-0.2, 0) is 16.0 Å². The summed E-state index contributed by atoms with van der Waals surface area (Å²) in [5.41, 5.74) is 0.769. The molecule has 2 rings (SSSR count). The van der Waals surface area contributed by atoms with Crippen LogP contribution in [-0.4, -0.2) is 18.7 Å². The normalized spacial score (nSPS) is 18.1. The lowest BCUT2D eigenvalue weighted by molar-refractivity contribution is -0.146. The summed E-state index contributed by atoms with van der Waals surface area (Å²) >= 11 is 0. The van der Waals surface area contributed by atoms with Crippen molar-refractivity contribution in [3.05, 3.63) is 29.6 Å². The average Bonchev–Trinajstić information content (AvgIpc) is 2.77. The Balaban J connectivity index is 1.99. The number of esters is 1. The van der Waals surface area contributed by atoms with Gasteiger partial charge in [-0.2, -0.15) is 5.26 Å². The average molecular weight is 263 g/mol. The minimum absolute atomic E-state index is 0.244. The van der Waals surface area contributed by atoms with E-state index >= 15 is 0 Å². The quantitative estimate of drug-likeness (QED) is 0.781. The molecular formula is C14H14FNO3. The summed E-state index contributed by atoms with van der Waals surface area (Å²) in [6, 6.07) is 6.23. The number of ether oxygens (including phenoxy) is 2. The number of rotatable bonds is 4. The van der Waals surface area contributed by atoms with Crippen LogP contribution in [0.25, 0.3) is 0 Å². The van der Waals surface area contributed by atoms with E-state index in [4.69, 9.17) is 14.7 Å². The lowest BCUT2D eigenvalue weighted by Crippen LogP contribution is -2.24. The van der Waals surface area contributed by atoms with E-state index in [9.17, 15) is 9.18 Å². The van der Waals surface area contributed by atoms with Crippen molar-refractivity contribution in [2.45, 2.75) is 25.9 Å². The van der Waals surface area contributed by atoms with Gasteiger partial charge in [0.25, 0.3) is 0 Å². The summed E-state index contributed by atoms with van der Waals surface area (Å²) in [6.07, 6.45) is 0.474. The third kappa shape index (κ3) is 3.02.